The van der Waals surface area contributed by atoms with Crippen LogP contribution in [0.15, 0.2) is 49.1 Å². The topological polar surface area (TPSA) is 116 Å². The van der Waals surface area contributed by atoms with Gasteiger partial charge < -0.3 is 20.7 Å². The van der Waals surface area contributed by atoms with Gasteiger partial charge in [-0.15, -0.1) is 0 Å². The smallest absolute Gasteiger partial charge is 0.274 e. The first-order valence-corrected chi connectivity index (χ1v) is 10.2. The van der Waals surface area contributed by atoms with E-state index in [9.17, 15) is 9.90 Å². The first kappa shape index (κ1) is 20.9. The molecule has 0 saturated heterocycles. The summed E-state index contributed by atoms with van der Waals surface area (Å²) in [5.74, 6) is -0.376. The van der Waals surface area contributed by atoms with Crippen molar-refractivity contribution in [2.75, 3.05) is 11.9 Å². The van der Waals surface area contributed by atoms with Gasteiger partial charge in [-0.05, 0) is 35.9 Å². The monoisotopic (exact) mass is 456 g/mol. The maximum atomic E-state index is 12.8. The van der Waals surface area contributed by atoms with Crippen molar-refractivity contribution in [1.82, 2.24) is 25.3 Å². The lowest BCUT2D eigenvalue weighted by Gasteiger charge is -2.13. The number of carbonyl (C=O) groups excluding carboxylic acids is 1. The maximum Gasteiger partial charge on any atom is 0.274 e. The normalized spacial score (nSPS) is 10.9. The molecule has 0 spiro atoms. The number of nitrogens with zero attached hydrogens (tertiary/aromatic N) is 3. The number of H-pyrrole nitrogens is 1. The number of aromatic amines is 1. The Balaban J connectivity index is 1.57. The number of hydrogen-bond donors (Lipinski definition) is 4. The summed E-state index contributed by atoms with van der Waals surface area (Å²) in [5, 5.41) is 18.1. The average Bonchev–Trinajstić information content (AvgIpc) is 3.27. The van der Waals surface area contributed by atoms with Crippen LogP contribution in [-0.4, -0.2) is 37.5 Å². The molecule has 4 rings (SSSR count). The highest BCUT2D eigenvalue weighted by Gasteiger charge is 2.20. The molecule has 0 unspecified atom stereocenters. The van der Waals surface area contributed by atoms with Gasteiger partial charge in [-0.25, -0.2) is 9.97 Å². The summed E-state index contributed by atoms with van der Waals surface area (Å²) >= 11 is 12.0. The maximum absolute atomic E-state index is 12.8. The van der Waals surface area contributed by atoms with E-state index < -0.39 is 5.91 Å². The van der Waals surface area contributed by atoms with E-state index in [1.54, 1.807) is 42.9 Å². The van der Waals surface area contributed by atoms with E-state index in [1.807, 2.05) is 6.20 Å². The van der Waals surface area contributed by atoms with Gasteiger partial charge in [-0.3, -0.25) is 9.78 Å². The van der Waals surface area contributed by atoms with Crippen molar-refractivity contribution in [2.24, 2.45) is 0 Å². The number of rotatable bonds is 7. The van der Waals surface area contributed by atoms with E-state index in [0.717, 1.165) is 11.3 Å². The van der Waals surface area contributed by atoms with E-state index in [1.165, 1.54) is 0 Å². The molecule has 0 aliphatic rings. The molecule has 3 heterocycles. The average molecular weight is 457 g/mol. The van der Waals surface area contributed by atoms with Crippen molar-refractivity contribution in [3.05, 3.63) is 76.0 Å². The number of imidazole rings is 1. The summed E-state index contributed by atoms with van der Waals surface area (Å²) < 4.78 is 0. The molecule has 1 aromatic carbocycles. The van der Waals surface area contributed by atoms with Gasteiger partial charge in [0.05, 0.1) is 12.0 Å². The standard InChI is InChI=1S/C21H18Cl2N6O2/c22-13-6-12(7-14(23)8-13)9-27-21(31)18-19(30)17-16(2-1-4-25-17)20(29-18)26-5-3-15-10-24-11-28-15/h1-2,4,6-8,10-11,30H,3,5,9H2,(H,24,28)(H,26,29)(H,27,31). The second-order valence-electron chi connectivity index (χ2n) is 6.75. The minimum absolute atomic E-state index is 0.124. The third-order valence-corrected chi connectivity index (χ3v) is 4.99. The molecule has 0 aliphatic carbocycles. The summed E-state index contributed by atoms with van der Waals surface area (Å²) in [6.07, 6.45) is 5.63. The van der Waals surface area contributed by atoms with Crippen molar-refractivity contribution in [2.45, 2.75) is 13.0 Å². The van der Waals surface area contributed by atoms with E-state index in [-0.39, 0.29) is 23.5 Å². The molecule has 10 heteroatoms. The predicted octanol–water partition coefficient (Wildman–Crippen LogP) is 3.95. The van der Waals surface area contributed by atoms with Crippen LogP contribution in [0.4, 0.5) is 5.82 Å². The molecule has 8 nitrogen and oxygen atoms in total. The third-order valence-electron chi connectivity index (χ3n) is 4.55. The molecule has 0 bridgehead atoms. The molecule has 0 atom stereocenters. The number of pyridine rings is 2. The minimum atomic E-state index is -0.545. The second kappa shape index (κ2) is 9.20. The van der Waals surface area contributed by atoms with Crippen LogP contribution in [-0.2, 0) is 13.0 Å². The number of carbonyl (C=O) groups is 1. The van der Waals surface area contributed by atoms with Crippen molar-refractivity contribution in [1.29, 1.82) is 0 Å². The lowest BCUT2D eigenvalue weighted by molar-refractivity contribution is 0.0943. The Bertz CT molecular complexity index is 1210. The molecular formula is C21H18Cl2N6O2. The summed E-state index contributed by atoms with van der Waals surface area (Å²) in [6.45, 7) is 0.705. The highest BCUT2D eigenvalue weighted by Crippen LogP contribution is 2.30. The van der Waals surface area contributed by atoms with Gasteiger partial charge in [-0.2, -0.15) is 0 Å². The Morgan fingerprint density at radius 3 is 2.71 bits per heavy atom. The van der Waals surface area contributed by atoms with E-state index in [0.29, 0.717) is 34.2 Å². The van der Waals surface area contributed by atoms with Crippen LogP contribution in [0, 0.1) is 0 Å². The molecule has 31 heavy (non-hydrogen) atoms. The number of hydrogen-bond acceptors (Lipinski definition) is 6. The van der Waals surface area contributed by atoms with Crippen LogP contribution in [0.25, 0.3) is 10.9 Å². The van der Waals surface area contributed by atoms with Gasteiger partial charge in [0, 0.05) is 47.3 Å². The Morgan fingerprint density at radius 2 is 1.97 bits per heavy atom. The predicted molar refractivity (Wildman–Crippen MR) is 120 cm³/mol. The second-order valence-corrected chi connectivity index (χ2v) is 7.63. The zero-order valence-corrected chi connectivity index (χ0v) is 17.7. The van der Waals surface area contributed by atoms with Crippen molar-refractivity contribution in [3.8, 4) is 5.75 Å². The number of fused-ring (bicyclic) bond motifs is 1. The van der Waals surface area contributed by atoms with Crippen LogP contribution in [0.2, 0.25) is 10.0 Å². The third kappa shape index (κ3) is 4.87. The lowest BCUT2D eigenvalue weighted by Crippen LogP contribution is -2.24. The van der Waals surface area contributed by atoms with Crippen LogP contribution in [0.1, 0.15) is 21.7 Å². The first-order valence-electron chi connectivity index (χ1n) is 9.43. The number of nitrogens with one attached hydrogen (secondary N) is 3. The number of halogens is 2. The zero-order chi connectivity index (χ0) is 21.8. The summed E-state index contributed by atoms with van der Waals surface area (Å²) in [7, 11) is 0. The molecule has 0 fully saturated rings. The van der Waals surface area contributed by atoms with Gasteiger partial charge in [0.1, 0.15) is 11.3 Å². The molecule has 1 amide bonds. The fraction of sp³-hybridized carbons (Fsp3) is 0.143. The molecule has 4 aromatic rings. The Kier molecular flexibility index (Phi) is 6.20. The van der Waals surface area contributed by atoms with Crippen LogP contribution in [0.3, 0.4) is 0 Å². The van der Waals surface area contributed by atoms with Crippen LogP contribution in [0.5, 0.6) is 5.75 Å². The fourth-order valence-electron chi connectivity index (χ4n) is 3.13. The van der Waals surface area contributed by atoms with Crippen molar-refractivity contribution >= 4 is 45.8 Å². The Morgan fingerprint density at radius 1 is 1.16 bits per heavy atom. The lowest BCUT2D eigenvalue weighted by atomic mass is 10.1. The quantitative estimate of drug-likeness (QED) is 0.334. The largest absolute Gasteiger partial charge is 0.504 e. The minimum Gasteiger partial charge on any atom is -0.504 e. The first-order chi connectivity index (χ1) is 15.0. The van der Waals surface area contributed by atoms with Crippen LogP contribution < -0.4 is 10.6 Å². The Hall–Kier alpha value is -3.36. The van der Waals surface area contributed by atoms with Gasteiger partial charge in [0.25, 0.3) is 5.91 Å². The molecule has 0 saturated carbocycles. The highest BCUT2D eigenvalue weighted by molar-refractivity contribution is 6.34. The van der Waals surface area contributed by atoms with Crippen molar-refractivity contribution < 1.29 is 9.90 Å². The summed E-state index contributed by atoms with van der Waals surface area (Å²) in [4.78, 5) is 28.5. The highest BCUT2D eigenvalue weighted by atomic mass is 35.5. The molecule has 158 valence electrons. The summed E-state index contributed by atoms with van der Waals surface area (Å²) in [6, 6.07) is 8.53. The van der Waals surface area contributed by atoms with Gasteiger partial charge in [0.15, 0.2) is 11.4 Å². The number of anilines is 1. The van der Waals surface area contributed by atoms with Crippen molar-refractivity contribution in [3.63, 3.8) is 0 Å². The number of aromatic nitrogens is 4. The molecular weight excluding hydrogens is 439 g/mol. The fourth-order valence-corrected chi connectivity index (χ4v) is 3.70. The Labute approximate surface area is 187 Å². The van der Waals surface area contributed by atoms with E-state index in [4.69, 9.17) is 23.2 Å². The van der Waals surface area contributed by atoms with Gasteiger partial charge >= 0.3 is 0 Å². The van der Waals surface area contributed by atoms with Gasteiger partial charge in [0.2, 0.25) is 0 Å². The number of amides is 1. The summed E-state index contributed by atoms with van der Waals surface area (Å²) in [5.41, 5.74) is 1.78. The SMILES string of the molecule is O=C(NCc1cc(Cl)cc(Cl)c1)c1nc(NCCc2c[nH]cn2)c2cccnc2c1O. The van der Waals surface area contributed by atoms with E-state index >= 15 is 0 Å². The number of aromatic hydroxyl groups is 1. The molecule has 0 aliphatic heterocycles. The zero-order valence-electron chi connectivity index (χ0n) is 16.2. The van der Waals surface area contributed by atoms with Gasteiger partial charge in [-0.1, -0.05) is 23.2 Å². The molecule has 0 radical (unpaired) electrons. The van der Waals surface area contributed by atoms with Crippen LogP contribution >= 0.6 is 23.2 Å². The van der Waals surface area contributed by atoms with E-state index in [2.05, 4.69) is 30.6 Å². The molecule has 3 aromatic heterocycles. The number of benzene rings is 1. The molecule has 4 N–H and O–H groups in total.